The Morgan fingerprint density at radius 3 is 2.65 bits per heavy atom. The van der Waals surface area contributed by atoms with Crippen LogP contribution in [-0.4, -0.2) is 28.9 Å². The summed E-state index contributed by atoms with van der Waals surface area (Å²) in [6.07, 6.45) is 1.56. The van der Waals surface area contributed by atoms with Crippen molar-refractivity contribution in [2.75, 3.05) is 11.9 Å². The minimum atomic E-state index is -0.232. The number of hydrogen-bond acceptors (Lipinski definition) is 5. The quantitative estimate of drug-likeness (QED) is 0.485. The summed E-state index contributed by atoms with van der Waals surface area (Å²) in [6.45, 7) is 3.69. The van der Waals surface area contributed by atoms with Crippen LogP contribution in [0.25, 0.3) is 0 Å². The molecule has 136 valence electrons. The lowest BCUT2D eigenvalue weighted by Crippen LogP contribution is -2.32. The van der Waals surface area contributed by atoms with Gasteiger partial charge in [-0.1, -0.05) is 15.9 Å². The number of phenolic OH excluding ortho intramolecular Hbond substituents is 1. The molecule has 2 rings (SSSR count). The fourth-order valence-electron chi connectivity index (χ4n) is 2.06. The third-order valence-corrected chi connectivity index (χ3v) is 3.80. The third-order valence-electron chi connectivity index (χ3n) is 3.14. The second-order valence-corrected chi connectivity index (χ2v) is 6.54. The van der Waals surface area contributed by atoms with Crippen molar-refractivity contribution in [3.05, 3.63) is 46.4 Å². The summed E-state index contributed by atoms with van der Waals surface area (Å²) in [5.41, 5.74) is 1.96. The molecular weight excluding hydrogens is 418 g/mol. The van der Waals surface area contributed by atoms with Crippen LogP contribution in [0.15, 0.2) is 45.9 Å². The number of benzene rings is 2. The number of hydrogen-bond donors (Lipinski definition) is 3. The number of aromatic hydroxyl groups is 1. The lowest BCUT2D eigenvalue weighted by atomic mass is 10.2. The van der Waals surface area contributed by atoms with Gasteiger partial charge in [-0.05, 0) is 55.5 Å². The summed E-state index contributed by atoms with van der Waals surface area (Å²) in [6, 6.07) is 10.6. The summed E-state index contributed by atoms with van der Waals surface area (Å²) in [5.74, 6) is 0.205. The lowest BCUT2D eigenvalue weighted by Gasteiger charge is -2.09. The van der Waals surface area contributed by atoms with Crippen LogP contribution in [-0.2, 0) is 4.79 Å². The topological polar surface area (TPSA) is 83.0 Å². The highest BCUT2D eigenvalue weighted by atomic mass is 79.9. The molecule has 0 fully saturated rings. The van der Waals surface area contributed by atoms with Gasteiger partial charge in [0.15, 0.2) is 16.6 Å². The fraction of sp³-hybridized carbons (Fsp3) is 0.167. The molecule has 0 aliphatic carbocycles. The molecule has 1 amide bonds. The number of ether oxygens (including phenoxy) is 1. The van der Waals surface area contributed by atoms with Crippen LogP contribution in [0.2, 0.25) is 0 Å². The highest BCUT2D eigenvalue weighted by Crippen LogP contribution is 2.33. The van der Waals surface area contributed by atoms with Gasteiger partial charge in [0.2, 0.25) is 5.91 Å². The maximum Gasteiger partial charge on any atom is 0.222 e. The van der Waals surface area contributed by atoms with Crippen LogP contribution in [0, 0.1) is 0 Å². The van der Waals surface area contributed by atoms with Crippen molar-refractivity contribution in [2.24, 2.45) is 4.99 Å². The van der Waals surface area contributed by atoms with Gasteiger partial charge in [0.05, 0.1) is 12.3 Å². The van der Waals surface area contributed by atoms with Gasteiger partial charge in [-0.3, -0.25) is 9.79 Å². The number of carbonyl (C=O) groups excluding carboxylic acids is 1. The largest absolute Gasteiger partial charge is 0.504 e. The van der Waals surface area contributed by atoms with Crippen molar-refractivity contribution < 1.29 is 14.6 Å². The molecule has 0 atom stereocenters. The summed E-state index contributed by atoms with van der Waals surface area (Å²) in [5, 5.41) is 15.9. The second-order valence-electron chi connectivity index (χ2n) is 5.22. The van der Waals surface area contributed by atoms with E-state index in [1.165, 1.54) is 6.92 Å². The Balaban J connectivity index is 2.11. The maximum atomic E-state index is 10.9. The Labute approximate surface area is 165 Å². The summed E-state index contributed by atoms with van der Waals surface area (Å²) in [7, 11) is 0. The van der Waals surface area contributed by atoms with E-state index < -0.39 is 0 Å². The van der Waals surface area contributed by atoms with Crippen molar-refractivity contribution >= 4 is 56.8 Å². The summed E-state index contributed by atoms with van der Waals surface area (Å²) >= 11 is 8.39. The van der Waals surface area contributed by atoms with Crippen molar-refractivity contribution in [3.8, 4) is 11.5 Å². The van der Waals surface area contributed by atoms with Gasteiger partial charge in [0.25, 0.3) is 0 Å². The predicted molar refractivity (Wildman–Crippen MR) is 111 cm³/mol. The molecular formula is C18H18BrN3O3S. The maximum absolute atomic E-state index is 10.9. The number of carbonyl (C=O) groups is 1. The number of nitrogens with one attached hydrogen (secondary N) is 2. The highest BCUT2D eigenvalue weighted by molar-refractivity contribution is 9.10. The molecule has 0 heterocycles. The van der Waals surface area contributed by atoms with Crippen molar-refractivity contribution in [3.63, 3.8) is 0 Å². The second kappa shape index (κ2) is 9.30. The minimum absolute atomic E-state index is 0.0396. The van der Waals surface area contributed by atoms with E-state index in [9.17, 15) is 9.90 Å². The average molecular weight is 436 g/mol. The number of aliphatic imine (C=N–C) groups is 1. The zero-order valence-corrected chi connectivity index (χ0v) is 16.6. The van der Waals surface area contributed by atoms with Crippen molar-refractivity contribution in [1.82, 2.24) is 5.32 Å². The first-order chi connectivity index (χ1) is 12.4. The average Bonchev–Trinajstić information content (AvgIpc) is 2.57. The van der Waals surface area contributed by atoms with E-state index in [2.05, 4.69) is 31.6 Å². The minimum Gasteiger partial charge on any atom is -0.504 e. The SMILES string of the molecule is CCOc1cc(Br)cc(C=Nc2ccc(NC(=S)NC(C)=O)cc2)c1O. The number of nitrogens with zero attached hydrogens (tertiary/aromatic N) is 1. The van der Waals surface area contributed by atoms with E-state index in [4.69, 9.17) is 17.0 Å². The highest BCUT2D eigenvalue weighted by Gasteiger charge is 2.08. The molecule has 26 heavy (non-hydrogen) atoms. The van der Waals surface area contributed by atoms with E-state index in [0.29, 0.717) is 23.6 Å². The van der Waals surface area contributed by atoms with Crippen molar-refractivity contribution in [2.45, 2.75) is 13.8 Å². The molecule has 0 saturated heterocycles. The van der Waals surface area contributed by atoms with E-state index in [-0.39, 0.29) is 16.8 Å². The van der Waals surface area contributed by atoms with Gasteiger partial charge in [-0.25, -0.2) is 0 Å². The van der Waals surface area contributed by atoms with Crippen LogP contribution >= 0.6 is 28.1 Å². The number of amides is 1. The number of rotatable bonds is 5. The monoisotopic (exact) mass is 435 g/mol. The predicted octanol–water partition coefficient (Wildman–Crippen LogP) is 4.14. The van der Waals surface area contributed by atoms with Crippen LogP contribution in [0.1, 0.15) is 19.4 Å². The van der Waals surface area contributed by atoms with Gasteiger partial charge >= 0.3 is 0 Å². The summed E-state index contributed by atoms with van der Waals surface area (Å²) in [4.78, 5) is 15.3. The number of halogens is 1. The van der Waals surface area contributed by atoms with Gasteiger partial charge in [0.1, 0.15) is 0 Å². The Kier molecular flexibility index (Phi) is 7.11. The van der Waals surface area contributed by atoms with Crippen LogP contribution in [0.5, 0.6) is 11.5 Å². The molecule has 0 aromatic heterocycles. The Bertz CT molecular complexity index is 838. The molecule has 2 aromatic carbocycles. The number of thiocarbonyl (C=S) groups is 1. The Hall–Kier alpha value is -2.45. The normalized spacial score (nSPS) is 10.6. The zero-order chi connectivity index (χ0) is 19.1. The molecule has 8 heteroatoms. The molecule has 0 spiro atoms. The van der Waals surface area contributed by atoms with Crippen molar-refractivity contribution in [1.29, 1.82) is 0 Å². The Morgan fingerprint density at radius 2 is 2.04 bits per heavy atom. The van der Waals surface area contributed by atoms with Crippen LogP contribution < -0.4 is 15.4 Å². The first kappa shape index (κ1) is 19.9. The lowest BCUT2D eigenvalue weighted by molar-refractivity contribution is -0.117. The van der Waals surface area contributed by atoms with E-state index in [1.54, 1.807) is 42.6 Å². The molecule has 6 nitrogen and oxygen atoms in total. The number of phenols is 1. The molecule has 0 aliphatic heterocycles. The third kappa shape index (κ3) is 5.82. The zero-order valence-electron chi connectivity index (χ0n) is 14.2. The van der Waals surface area contributed by atoms with E-state index >= 15 is 0 Å². The standard InChI is InChI=1S/C18H18BrN3O3S/c1-3-25-16-9-13(19)8-12(17(16)24)10-20-14-4-6-15(7-5-14)22-18(26)21-11(2)23/h4-10,24H,3H2,1-2H3,(H2,21,22,23,26). The first-order valence-corrected chi connectivity index (χ1v) is 8.97. The summed E-state index contributed by atoms with van der Waals surface area (Å²) < 4.78 is 6.18. The molecule has 3 N–H and O–H groups in total. The van der Waals surface area contributed by atoms with Gasteiger partial charge in [0, 0.05) is 28.9 Å². The van der Waals surface area contributed by atoms with Crippen LogP contribution in [0.3, 0.4) is 0 Å². The molecule has 0 saturated carbocycles. The smallest absolute Gasteiger partial charge is 0.222 e. The molecule has 0 unspecified atom stereocenters. The van der Waals surface area contributed by atoms with Crippen LogP contribution in [0.4, 0.5) is 11.4 Å². The van der Waals surface area contributed by atoms with Gasteiger partial charge in [-0.15, -0.1) is 0 Å². The molecule has 2 aromatic rings. The first-order valence-electron chi connectivity index (χ1n) is 7.77. The fourth-order valence-corrected chi connectivity index (χ4v) is 2.77. The molecule has 0 radical (unpaired) electrons. The molecule has 0 aliphatic rings. The Morgan fingerprint density at radius 1 is 1.35 bits per heavy atom. The molecule has 0 bridgehead atoms. The van der Waals surface area contributed by atoms with E-state index in [1.807, 2.05) is 6.92 Å². The van der Waals surface area contributed by atoms with Gasteiger partial charge < -0.3 is 20.5 Å². The van der Waals surface area contributed by atoms with E-state index in [0.717, 1.165) is 10.2 Å². The van der Waals surface area contributed by atoms with Gasteiger partial charge in [-0.2, -0.15) is 0 Å². The number of anilines is 1.